The van der Waals surface area contributed by atoms with Gasteiger partial charge in [-0.1, -0.05) is 58.0 Å². The Morgan fingerprint density at radius 3 is 2.19 bits per heavy atom. The number of sulfonamides is 1. The lowest BCUT2D eigenvalue weighted by atomic mass is 10.2. The monoisotopic (exact) mass is 502 g/mol. The number of rotatable bonds is 4. The second-order valence-corrected chi connectivity index (χ2v) is 12.4. The molecule has 0 radical (unpaired) electrons. The van der Waals surface area contributed by atoms with Crippen molar-refractivity contribution in [3.63, 3.8) is 0 Å². The second kappa shape index (κ2) is 7.79. The maximum absolute atomic E-state index is 12.5. The van der Waals surface area contributed by atoms with Crippen LogP contribution in [0.3, 0.4) is 0 Å². The summed E-state index contributed by atoms with van der Waals surface area (Å²) in [6.07, 6.45) is 0. The highest BCUT2D eigenvalue weighted by Gasteiger charge is 2.43. The van der Waals surface area contributed by atoms with Crippen LogP contribution >= 0.6 is 58.0 Å². The molecule has 7 nitrogen and oxygen atoms in total. The molecule has 1 saturated heterocycles. The molecular formula is C12H11Cl5N2O5S2. The number of alkyl halides is 3. The highest BCUT2D eigenvalue weighted by Crippen LogP contribution is 2.28. The molecule has 0 unspecified atom stereocenters. The standard InChI is InChI=1S/C12H11Cl5N2O5S2/c13-7-2-1-6(3-8(7)14)26(23,24)19-10-5-25(21,22)4-9(10)18-11(20)12(15,16)17/h1-3,9-10,19H,4-5H2,(H,18,20)/t9-,10-/m0/s1. The minimum absolute atomic E-state index is 0.00893. The first-order valence-electron chi connectivity index (χ1n) is 6.77. The maximum atomic E-state index is 12.5. The Kier molecular flexibility index (Phi) is 6.68. The first kappa shape index (κ1) is 22.3. The van der Waals surface area contributed by atoms with Gasteiger partial charge in [-0.2, -0.15) is 0 Å². The molecule has 1 aliphatic heterocycles. The van der Waals surface area contributed by atoms with Gasteiger partial charge in [-0.15, -0.1) is 0 Å². The van der Waals surface area contributed by atoms with Crippen molar-refractivity contribution in [2.75, 3.05) is 11.5 Å². The fourth-order valence-electron chi connectivity index (χ4n) is 2.27. The number of carbonyl (C=O) groups excluding carboxylic acids is 1. The molecule has 1 heterocycles. The molecule has 0 saturated carbocycles. The number of hydrogen-bond donors (Lipinski definition) is 2. The Bertz CT molecular complexity index is 930. The second-order valence-electron chi connectivity index (χ2n) is 5.46. The number of carbonyl (C=O) groups is 1. The molecule has 0 spiro atoms. The summed E-state index contributed by atoms with van der Waals surface area (Å²) < 4.78 is 48.7. The molecule has 1 aromatic carbocycles. The molecule has 1 fully saturated rings. The van der Waals surface area contributed by atoms with E-state index < -0.39 is 53.1 Å². The molecule has 1 aromatic rings. The first-order valence-corrected chi connectivity index (χ1v) is 12.0. The number of nitrogens with one attached hydrogen (secondary N) is 2. The normalized spacial score (nSPS) is 23.0. The first-order chi connectivity index (χ1) is 11.7. The van der Waals surface area contributed by atoms with Gasteiger partial charge >= 0.3 is 0 Å². The van der Waals surface area contributed by atoms with Crippen molar-refractivity contribution in [3.05, 3.63) is 28.2 Å². The zero-order chi connectivity index (χ0) is 19.9. The van der Waals surface area contributed by atoms with Crippen LogP contribution in [0, 0.1) is 0 Å². The van der Waals surface area contributed by atoms with E-state index in [9.17, 15) is 21.6 Å². The summed E-state index contributed by atoms with van der Waals surface area (Å²) in [4.78, 5) is 11.6. The Morgan fingerprint density at radius 2 is 1.65 bits per heavy atom. The zero-order valence-electron chi connectivity index (χ0n) is 12.5. The van der Waals surface area contributed by atoms with Crippen LogP contribution in [0.4, 0.5) is 0 Å². The smallest absolute Gasteiger partial charge is 0.272 e. The SMILES string of the molecule is O=C(N[C@H]1CS(=O)(=O)C[C@@H]1NS(=O)(=O)c1ccc(Cl)c(Cl)c1)C(Cl)(Cl)Cl. The van der Waals surface area contributed by atoms with Crippen LogP contribution in [-0.2, 0) is 24.7 Å². The minimum atomic E-state index is -4.15. The van der Waals surface area contributed by atoms with Gasteiger partial charge in [0.25, 0.3) is 9.70 Å². The van der Waals surface area contributed by atoms with Crippen LogP contribution < -0.4 is 10.0 Å². The van der Waals surface area contributed by atoms with E-state index in [1.165, 1.54) is 12.1 Å². The van der Waals surface area contributed by atoms with Gasteiger partial charge in [-0.05, 0) is 18.2 Å². The minimum Gasteiger partial charge on any atom is -0.347 e. The molecule has 2 N–H and O–H groups in total. The van der Waals surface area contributed by atoms with E-state index in [-0.39, 0.29) is 14.9 Å². The van der Waals surface area contributed by atoms with Crippen molar-refractivity contribution in [2.45, 2.75) is 20.8 Å². The van der Waals surface area contributed by atoms with Gasteiger partial charge in [0.1, 0.15) is 0 Å². The van der Waals surface area contributed by atoms with Crippen LogP contribution in [0.5, 0.6) is 0 Å². The summed E-state index contributed by atoms with van der Waals surface area (Å²) in [7, 11) is -7.77. The third-order valence-electron chi connectivity index (χ3n) is 3.43. The van der Waals surface area contributed by atoms with Crippen molar-refractivity contribution in [2.24, 2.45) is 0 Å². The van der Waals surface area contributed by atoms with E-state index in [4.69, 9.17) is 58.0 Å². The molecule has 1 aliphatic rings. The number of benzene rings is 1. The van der Waals surface area contributed by atoms with Crippen molar-refractivity contribution in [1.29, 1.82) is 0 Å². The topological polar surface area (TPSA) is 109 Å². The van der Waals surface area contributed by atoms with Gasteiger partial charge in [0, 0.05) is 0 Å². The highest BCUT2D eigenvalue weighted by atomic mass is 35.6. The number of amides is 1. The summed E-state index contributed by atoms with van der Waals surface area (Å²) in [5, 5.41) is 2.39. The van der Waals surface area contributed by atoms with Crippen molar-refractivity contribution in [1.82, 2.24) is 10.0 Å². The van der Waals surface area contributed by atoms with Crippen molar-refractivity contribution in [3.8, 4) is 0 Å². The van der Waals surface area contributed by atoms with Gasteiger partial charge in [-0.25, -0.2) is 21.6 Å². The highest BCUT2D eigenvalue weighted by molar-refractivity contribution is 7.92. The summed E-state index contributed by atoms with van der Waals surface area (Å²) >= 11 is 27.9. The van der Waals surface area contributed by atoms with Gasteiger partial charge in [0.2, 0.25) is 10.0 Å². The van der Waals surface area contributed by atoms with E-state index in [2.05, 4.69) is 10.0 Å². The van der Waals surface area contributed by atoms with Crippen LogP contribution in [0.15, 0.2) is 23.1 Å². The molecule has 0 aliphatic carbocycles. The quantitative estimate of drug-likeness (QED) is 0.609. The molecule has 0 aromatic heterocycles. The summed E-state index contributed by atoms with van der Waals surface area (Å²) in [5.41, 5.74) is 0. The zero-order valence-corrected chi connectivity index (χ0v) is 18.0. The van der Waals surface area contributed by atoms with E-state index in [1.54, 1.807) is 0 Å². The van der Waals surface area contributed by atoms with Gasteiger partial charge < -0.3 is 5.32 Å². The predicted octanol–water partition coefficient (Wildman–Crippen LogP) is 1.92. The Labute approximate surface area is 175 Å². The average molecular weight is 505 g/mol. The lowest BCUT2D eigenvalue weighted by Gasteiger charge is -2.22. The van der Waals surface area contributed by atoms with Crippen LogP contribution in [0.1, 0.15) is 0 Å². The van der Waals surface area contributed by atoms with E-state index >= 15 is 0 Å². The fraction of sp³-hybridized carbons (Fsp3) is 0.417. The average Bonchev–Trinajstić information content (AvgIpc) is 2.73. The lowest BCUT2D eigenvalue weighted by Crippen LogP contribution is -2.53. The molecule has 146 valence electrons. The van der Waals surface area contributed by atoms with Crippen LogP contribution in [0.25, 0.3) is 0 Å². The predicted molar refractivity (Wildman–Crippen MR) is 101 cm³/mol. The maximum Gasteiger partial charge on any atom is 0.272 e. The van der Waals surface area contributed by atoms with Gasteiger partial charge in [0.15, 0.2) is 9.84 Å². The molecule has 26 heavy (non-hydrogen) atoms. The molecular weight excluding hydrogens is 494 g/mol. The third-order valence-corrected chi connectivity index (χ3v) is 7.91. The fourth-order valence-corrected chi connectivity index (χ4v) is 6.06. The molecule has 0 bridgehead atoms. The molecule has 1 amide bonds. The van der Waals surface area contributed by atoms with E-state index in [0.717, 1.165) is 6.07 Å². The Hall–Kier alpha value is 0.000000000000000111. The van der Waals surface area contributed by atoms with E-state index in [0.29, 0.717) is 0 Å². The summed E-state index contributed by atoms with van der Waals surface area (Å²) in [5.74, 6) is -2.10. The number of halogens is 5. The molecule has 2 rings (SSSR count). The number of hydrogen-bond acceptors (Lipinski definition) is 5. The van der Waals surface area contributed by atoms with Gasteiger partial charge in [-0.3, -0.25) is 4.79 Å². The molecule has 14 heteroatoms. The Morgan fingerprint density at radius 1 is 1.08 bits per heavy atom. The molecule has 2 atom stereocenters. The third kappa shape index (κ3) is 5.51. The van der Waals surface area contributed by atoms with Gasteiger partial charge in [0.05, 0.1) is 38.5 Å². The Balaban J connectivity index is 2.26. The largest absolute Gasteiger partial charge is 0.347 e. The van der Waals surface area contributed by atoms with Crippen molar-refractivity contribution >= 4 is 83.8 Å². The van der Waals surface area contributed by atoms with Crippen LogP contribution in [-0.4, -0.2) is 50.1 Å². The summed E-state index contributed by atoms with van der Waals surface area (Å²) in [6, 6.07) is 1.34. The summed E-state index contributed by atoms with van der Waals surface area (Å²) in [6.45, 7) is 0. The van der Waals surface area contributed by atoms with Crippen LogP contribution in [0.2, 0.25) is 10.0 Å². The lowest BCUT2D eigenvalue weighted by molar-refractivity contribution is -0.120. The van der Waals surface area contributed by atoms with E-state index in [1.807, 2.05) is 0 Å². The van der Waals surface area contributed by atoms with Crippen molar-refractivity contribution < 1.29 is 21.6 Å². The number of sulfone groups is 1.